The molecule has 0 amide bonds. The maximum absolute atomic E-state index is 6.06. The summed E-state index contributed by atoms with van der Waals surface area (Å²) >= 11 is 0. The second kappa shape index (κ2) is 13.4. The fourth-order valence-electron chi connectivity index (χ4n) is 3.96. The van der Waals surface area contributed by atoms with Gasteiger partial charge in [0, 0.05) is 25.8 Å². The summed E-state index contributed by atoms with van der Waals surface area (Å²) in [4.78, 5) is 4.83. The van der Waals surface area contributed by atoms with E-state index in [9.17, 15) is 0 Å². The zero-order chi connectivity index (χ0) is 19.6. The van der Waals surface area contributed by atoms with Gasteiger partial charge in [-0.3, -0.25) is 0 Å². The summed E-state index contributed by atoms with van der Waals surface area (Å²) in [6.45, 7) is 8.35. The summed E-state index contributed by atoms with van der Waals surface area (Å²) in [5.41, 5.74) is 2.45. The zero-order valence-corrected chi connectivity index (χ0v) is 20.3. The molecule has 1 saturated carbocycles. The second-order valence-corrected chi connectivity index (χ2v) is 8.24. The number of hydrogen-bond donors (Lipinski definition) is 2. The van der Waals surface area contributed by atoms with Crippen LogP contribution in [0.15, 0.2) is 29.3 Å². The van der Waals surface area contributed by atoms with Crippen molar-refractivity contribution in [3.63, 3.8) is 0 Å². The molecule has 0 aromatic heterocycles. The van der Waals surface area contributed by atoms with E-state index in [-0.39, 0.29) is 24.0 Å². The lowest BCUT2D eigenvalue weighted by molar-refractivity contribution is -0.0390. The number of halogens is 1. The van der Waals surface area contributed by atoms with E-state index >= 15 is 0 Å². The minimum absolute atomic E-state index is 0. The highest BCUT2D eigenvalue weighted by Gasteiger charge is 2.19. The summed E-state index contributed by atoms with van der Waals surface area (Å²) in [5.74, 6) is 1.80. The summed E-state index contributed by atoms with van der Waals surface area (Å²) in [6, 6.07) is 9.16. The van der Waals surface area contributed by atoms with Crippen LogP contribution in [-0.4, -0.2) is 37.9 Å². The van der Waals surface area contributed by atoms with Crippen molar-refractivity contribution >= 4 is 29.9 Å². The van der Waals surface area contributed by atoms with Crippen LogP contribution in [-0.2, 0) is 22.6 Å². The van der Waals surface area contributed by atoms with E-state index in [0.29, 0.717) is 25.3 Å². The average Bonchev–Trinajstić information content (AvgIpc) is 2.73. The van der Waals surface area contributed by atoms with E-state index < -0.39 is 0 Å². The van der Waals surface area contributed by atoms with Crippen LogP contribution in [0.5, 0.6) is 0 Å². The van der Waals surface area contributed by atoms with Gasteiger partial charge in [-0.15, -0.1) is 24.0 Å². The molecule has 0 radical (unpaired) electrons. The monoisotopic (exact) mass is 515 g/mol. The standard InChI is InChI=1S/C23H37N3O2.HI/c1-3-24-23(26-21-9-7-18(2)8-10-21)25-16-19-5-4-6-20(15-19)17-28-22-11-13-27-14-12-22;/h4-6,15,18,21-22H,3,7-14,16-17H2,1-2H3,(H2,24,25,26);1H. The molecule has 6 heteroatoms. The lowest BCUT2D eigenvalue weighted by Crippen LogP contribution is -2.44. The molecule has 164 valence electrons. The molecule has 2 aliphatic rings. The van der Waals surface area contributed by atoms with Gasteiger partial charge in [0.15, 0.2) is 5.96 Å². The van der Waals surface area contributed by atoms with E-state index in [4.69, 9.17) is 14.5 Å². The van der Waals surface area contributed by atoms with E-state index in [2.05, 4.69) is 48.7 Å². The van der Waals surface area contributed by atoms with Crippen LogP contribution < -0.4 is 10.6 Å². The van der Waals surface area contributed by atoms with E-state index in [1.165, 1.54) is 36.8 Å². The molecule has 3 rings (SSSR count). The Labute approximate surface area is 193 Å². The largest absolute Gasteiger partial charge is 0.381 e. The number of nitrogens with zero attached hydrogens (tertiary/aromatic N) is 1. The van der Waals surface area contributed by atoms with Gasteiger partial charge in [-0.1, -0.05) is 31.2 Å². The number of rotatable bonds is 7. The first kappa shape index (κ1) is 24.4. The molecular formula is C23H38IN3O2. The van der Waals surface area contributed by atoms with Gasteiger partial charge in [-0.2, -0.15) is 0 Å². The molecule has 5 nitrogen and oxygen atoms in total. The van der Waals surface area contributed by atoms with Crippen molar-refractivity contribution in [1.29, 1.82) is 0 Å². The number of benzene rings is 1. The third-order valence-electron chi connectivity index (χ3n) is 5.77. The van der Waals surface area contributed by atoms with Gasteiger partial charge in [0.25, 0.3) is 0 Å². The van der Waals surface area contributed by atoms with Crippen molar-refractivity contribution in [1.82, 2.24) is 10.6 Å². The molecule has 2 fully saturated rings. The highest BCUT2D eigenvalue weighted by atomic mass is 127. The van der Waals surface area contributed by atoms with Gasteiger partial charge in [-0.25, -0.2) is 4.99 Å². The Bertz CT molecular complexity index is 612. The minimum Gasteiger partial charge on any atom is -0.381 e. The molecule has 0 atom stereocenters. The third-order valence-corrected chi connectivity index (χ3v) is 5.77. The maximum Gasteiger partial charge on any atom is 0.191 e. The summed E-state index contributed by atoms with van der Waals surface area (Å²) in [6.07, 6.45) is 7.44. The van der Waals surface area contributed by atoms with Crippen LogP contribution in [0.25, 0.3) is 0 Å². The van der Waals surface area contributed by atoms with Crippen molar-refractivity contribution in [2.24, 2.45) is 10.9 Å². The third kappa shape index (κ3) is 8.80. The second-order valence-electron chi connectivity index (χ2n) is 8.24. The molecule has 1 heterocycles. The van der Waals surface area contributed by atoms with Crippen LogP contribution in [0.2, 0.25) is 0 Å². The van der Waals surface area contributed by atoms with Crippen LogP contribution >= 0.6 is 24.0 Å². The first-order valence-corrected chi connectivity index (χ1v) is 11.0. The van der Waals surface area contributed by atoms with E-state index in [0.717, 1.165) is 44.5 Å². The predicted molar refractivity (Wildman–Crippen MR) is 130 cm³/mol. The smallest absolute Gasteiger partial charge is 0.191 e. The fourth-order valence-corrected chi connectivity index (χ4v) is 3.96. The van der Waals surface area contributed by atoms with Crippen molar-refractivity contribution < 1.29 is 9.47 Å². The number of aliphatic imine (C=N–C) groups is 1. The number of guanidine groups is 1. The van der Waals surface area contributed by atoms with Crippen LogP contribution in [0.1, 0.15) is 63.5 Å². The maximum atomic E-state index is 6.06. The van der Waals surface area contributed by atoms with Gasteiger partial charge < -0.3 is 20.1 Å². The predicted octanol–water partition coefficient (Wildman–Crippen LogP) is 4.63. The van der Waals surface area contributed by atoms with Crippen molar-refractivity contribution in [2.75, 3.05) is 19.8 Å². The first-order valence-electron chi connectivity index (χ1n) is 11.0. The Kier molecular flexibility index (Phi) is 11.3. The Morgan fingerprint density at radius 3 is 2.55 bits per heavy atom. The molecule has 29 heavy (non-hydrogen) atoms. The quantitative estimate of drug-likeness (QED) is 0.316. The van der Waals surface area contributed by atoms with Gasteiger partial charge in [0.05, 0.1) is 19.3 Å². The van der Waals surface area contributed by atoms with E-state index in [1.54, 1.807) is 0 Å². The SMILES string of the molecule is CCNC(=NCc1cccc(COC2CCOCC2)c1)NC1CCC(C)CC1.I. The lowest BCUT2D eigenvalue weighted by Gasteiger charge is -2.28. The van der Waals surface area contributed by atoms with Gasteiger partial charge in [0.2, 0.25) is 0 Å². The average molecular weight is 515 g/mol. The van der Waals surface area contributed by atoms with Crippen LogP contribution in [0.3, 0.4) is 0 Å². The molecule has 1 aromatic rings. The van der Waals surface area contributed by atoms with Crippen molar-refractivity contribution in [2.45, 2.75) is 77.7 Å². The summed E-state index contributed by atoms with van der Waals surface area (Å²) in [7, 11) is 0. The Morgan fingerprint density at radius 1 is 1.10 bits per heavy atom. The molecule has 1 saturated heterocycles. The number of hydrogen-bond acceptors (Lipinski definition) is 3. The fraction of sp³-hybridized carbons (Fsp3) is 0.696. The Balaban J connectivity index is 0.00000300. The van der Waals surface area contributed by atoms with Gasteiger partial charge >= 0.3 is 0 Å². The highest BCUT2D eigenvalue weighted by molar-refractivity contribution is 14.0. The zero-order valence-electron chi connectivity index (χ0n) is 18.0. The van der Waals surface area contributed by atoms with Crippen molar-refractivity contribution in [3.05, 3.63) is 35.4 Å². The molecule has 0 unspecified atom stereocenters. The highest BCUT2D eigenvalue weighted by Crippen LogP contribution is 2.23. The van der Waals surface area contributed by atoms with E-state index in [1.807, 2.05) is 0 Å². The van der Waals surface area contributed by atoms with Gasteiger partial charge in [0.1, 0.15) is 0 Å². The summed E-state index contributed by atoms with van der Waals surface area (Å²) in [5, 5.41) is 7.03. The molecular weight excluding hydrogens is 477 g/mol. The van der Waals surface area contributed by atoms with Crippen LogP contribution in [0, 0.1) is 5.92 Å². The van der Waals surface area contributed by atoms with Crippen molar-refractivity contribution in [3.8, 4) is 0 Å². The topological polar surface area (TPSA) is 54.9 Å². The Hall–Kier alpha value is -0.860. The molecule has 1 aliphatic carbocycles. The lowest BCUT2D eigenvalue weighted by atomic mass is 9.87. The van der Waals surface area contributed by atoms with Gasteiger partial charge in [-0.05, 0) is 62.5 Å². The normalized spacial score (nSPS) is 23.3. The minimum atomic E-state index is 0. The molecule has 1 aliphatic heterocycles. The molecule has 0 spiro atoms. The van der Waals surface area contributed by atoms with Crippen LogP contribution in [0.4, 0.5) is 0 Å². The first-order chi connectivity index (χ1) is 13.7. The number of ether oxygens (including phenoxy) is 2. The number of nitrogens with one attached hydrogen (secondary N) is 2. The molecule has 1 aromatic carbocycles. The summed E-state index contributed by atoms with van der Waals surface area (Å²) < 4.78 is 11.5. The Morgan fingerprint density at radius 2 is 1.83 bits per heavy atom. The molecule has 2 N–H and O–H groups in total. The molecule has 0 bridgehead atoms.